The van der Waals surface area contributed by atoms with E-state index in [4.69, 9.17) is 0 Å². The maximum absolute atomic E-state index is 14.3. The predicted molar refractivity (Wildman–Crippen MR) is 104 cm³/mol. The van der Waals surface area contributed by atoms with Crippen LogP contribution in [-0.4, -0.2) is 55.2 Å². The van der Waals surface area contributed by atoms with Gasteiger partial charge in [-0.05, 0) is 37.3 Å². The Kier molecular flexibility index (Phi) is 6.03. The Labute approximate surface area is 162 Å². The molecule has 1 N–H and O–H groups in total. The number of amides is 2. The summed E-state index contributed by atoms with van der Waals surface area (Å²) < 4.78 is 14.3. The molecule has 0 spiro atoms. The monoisotopic (exact) mass is 383 g/mol. The third-order valence-electron chi connectivity index (χ3n) is 4.76. The smallest absolute Gasteiger partial charge is 0.251 e. The van der Waals surface area contributed by atoms with E-state index in [2.05, 4.69) is 5.32 Å². The van der Waals surface area contributed by atoms with Crippen LogP contribution in [0.2, 0.25) is 0 Å². The summed E-state index contributed by atoms with van der Waals surface area (Å²) in [6.07, 6.45) is 0. The lowest BCUT2D eigenvalue weighted by atomic mass is 10.1. The third-order valence-corrected chi connectivity index (χ3v) is 4.76. The largest absolute Gasteiger partial charge is 0.366 e. The molecule has 1 saturated heterocycles. The molecule has 1 fully saturated rings. The molecule has 0 aromatic heterocycles. The minimum absolute atomic E-state index is 0.0740. The average molecular weight is 383 g/mol. The average Bonchev–Trinajstić information content (AvgIpc) is 2.72. The summed E-state index contributed by atoms with van der Waals surface area (Å²) in [6.45, 7) is 3.16. The number of piperazine rings is 1. The van der Waals surface area contributed by atoms with Gasteiger partial charge in [-0.2, -0.15) is 0 Å². The van der Waals surface area contributed by atoms with Crippen LogP contribution < -0.4 is 10.2 Å². The van der Waals surface area contributed by atoms with Crippen LogP contribution in [0.15, 0.2) is 48.5 Å². The van der Waals surface area contributed by atoms with Gasteiger partial charge < -0.3 is 15.1 Å². The van der Waals surface area contributed by atoms with Crippen molar-refractivity contribution in [3.63, 3.8) is 0 Å². The zero-order valence-corrected chi connectivity index (χ0v) is 15.7. The molecule has 2 aromatic rings. The lowest BCUT2D eigenvalue weighted by Crippen LogP contribution is -2.51. The summed E-state index contributed by atoms with van der Waals surface area (Å²) in [7, 11) is 0. The first kappa shape index (κ1) is 19.5. The zero-order valence-electron chi connectivity index (χ0n) is 15.7. The first-order valence-corrected chi connectivity index (χ1v) is 9.12. The Morgan fingerprint density at radius 3 is 2.25 bits per heavy atom. The van der Waals surface area contributed by atoms with E-state index in [1.807, 2.05) is 11.0 Å². The second kappa shape index (κ2) is 8.65. The van der Waals surface area contributed by atoms with Crippen molar-refractivity contribution in [1.29, 1.82) is 0 Å². The van der Waals surface area contributed by atoms with Gasteiger partial charge in [0.25, 0.3) is 5.91 Å². The molecule has 3 rings (SSSR count). The minimum atomic E-state index is -0.442. The van der Waals surface area contributed by atoms with Crippen molar-refractivity contribution in [1.82, 2.24) is 10.2 Å². The molecular weight excluding hydrogens is 361 g/mol. The SMILES string of the molecule is CC(=O)c1ccc(N2CCN(C(=O)CNC(=O)c3ccccc3)CC2)c(F)c1. The molecule has 6 nitrogen and oxygen atoms in total. The van der Waals surface area contributed by atoms with Gasteiger partial charge in [0, 0.05) is 37.3 Å². The van der Waals surface area contributed by atoms with E-state index in [1.165, 1.54) is 13.0 Å². The summed E-state index contributed by atoms with van der Waals surface area (Å²) in [5, 5.41) is 2.63. The molecule has 1 heterocycles. The number of hydrogen-bond acceptors (Lipinski definition) is 4. The predicted octanol–water partition coefficient (Wildman–Crippen LogP) is 2.11. The van der Waals surface area contributed by atoms with Crippen LogP contribution >= 0.6 is 0 Å². The van der Waals surface area contributed by atoms with Crippen molar-refractivity contribution < 1.29 is 18.8 Å². The second-order valence-electron chi connectivity index (χ2n) is 6.64. The Balaban J connectivity index is 1.51. The van der Waals surface area contributed by atoms with Crippen LogP contribution in [-0.2, 0) is 4.79 Å². The fourth-order valence-electron chi connectivity index (χ4n) is 3.14. The highest BCUT2D eigenvalue weighted by Crippen LogP contribution is 2.22. The van der Waals surface area contributed by atoms with Crippen molar-refractivity contribution >= 4 is 23.3 Å². The van der Waals surface area contributed by atoms with Gasteiger partial charge in [0.05, 0.1) is 12.2 Å². The van der Waals surface area contributed by atoms with Crippen molar-refractivity contribution in [3.05, 3.63) is 65.5 Å². The molecule has 7 heteroatoms. The molecule has 0 atom stereocenters. The standard InChI is InChI=1S/C21H22FN3O3/c1-15(26)17-7-8-19(18(22)13-17)24-9-11-25(12-10-24)20(27)14-23-21(28)16-5-3-2-4-6-16/h2-8,13H,9-12,14H2,1H3,(H,23,28). The van der Waals surface area contributed by atoms with Crippen LogP contribution in [0.25, 0.3) is 0 Å². The highest BCUT2D eigenvalue weighted by molar-refractivity contribution is 5.96. The number of Topliss-reactive ketones (excluding diaryl/α,β-unsaturated/α-hetero) is 1. The number of halogens is 1. The molecule has 1 aliphatic heterocycles. The highest BCUT2D eigenvalue weighted by Gasteiger charge is 2.23. The number of ketones is 1. The van der Waals surface area contributed by atoms with Crippen molar-refractivity contribution in [2.75, 3.05) is 37.6 Å². The summed E-state index contributed by atoms with van der Waals surface area (Å²) in [5.74, 6) is -1.09. The zero-order chi connectivity index (χ0) is 20.1. The van der Waals surface area contributed by atoms with Gasteiger partial charge in [0.15, 0.2) is 5.78 Å². The van der Waals surface area contributed by atoms with E-state index in [9.17, 15) is 18.8 Å². The molecular formula is C21H22FN3O3. The van der Waals surface area contributed by atoms with E-state index >= 15 is 0 Å². The summed E-state index contributed by atoms with van der Waals surface area (Å²) in [6, 6.07) is 13.2. The highest BCUT2D eigenvalue weighted by atomic mass is 19.1. The minimum Gasteiger partial charge on any atom is -0.366 e. The summed E-state index contributed by atoms with van der Waals surface area (Å²) in [4.78, 5) is 39.2. The second-order valence-corrected chi connectivity index (χ2v) is 6.64. The maximum atomic E-state index is 14.3. The van der Waals surface area contributed by atoms with Crippen molar-refractivity contribution in [3.8, 4) is 0 Å². The normalized spacial score (nSPS) is 13.9. The quantitative estimate of drug-likeness (QED) is 0.803. The third kappa shape index (κ3) is 4.54. The van der Waals surface area contributed by atoms with Gasteiger partial charge in [0.2, 0.25) is 5.91 Å². The molecule has 0 aliphatic carbocycles. The van der Waals surface area contributed by atoms with Gasteiger partial charge in [-0.15, -0.1) is 0 Å². The Morgan fingerprint density at radius 1 is 0.964 bits per heavy atom. The van der Waals surface area contributed by atoms with E-state index < -0.39 is 5.82 Å². The number of benzene rings is 2. The molecule has 146 valence electrons. The Morgan fingerprint density at radius 2 is 1.64 bits per heavy atom. The summed E-state index contributed by atoms with van der Waals surface area (Å²) >= 11 is 0. The van der Waals surface area contributed by atoms with Gasteiger partial charge in [-0.3, -0.25) is 14.4 Å². The lowest BCUT2D eigenvalue weighted by molar-refractivity contribution is -0.130. The number of anilines is 1. The molecule has 2 aromatic carbocycles. The molecule has 1 aliphatic rings. The number of nitrogens with zero attached hydrogens (tertiary/aromatic N) is 2. The molecule has 28 heavy (non-hydrogen) atoms. The van der Waals surface area contributed by atoms with E-state index in [0.717, 1.165) is 0 Å². The number of carbonyl (C=O) groups excluding carboxylic acids is 3. The fourth-order valence-corrected chi connectivity index (χ4v) is 3.14. The van der Waals surface area contributed by atoms with Crippen molar-refractivity contribution in [2.45, 2.75) is 6.92 Å². The number of nitrogens with one attached hydrogen (secondary N) is 1. The number of carbonyl (C=O) groups is 3. The van der Waals surface area contributed by atoms with Gasteiger partial charge in [0.1, 0.15) is 5.82 Å². The molecule has 0 radical (unpaired) electrons. The van der Waals surface area contributed by atoms with E-state index in [0.29, 0.717) is 43.0 Å². The fraction of sp³-hybridized carbons (Fsp3) is 0.286. The molecule has 0 saturated carbocycles. The number of hydrogen-bond donors (Lipinski definition) is 1. The Hall–Kier alpha value is -3.22. The van der Waals surface area contributed by atoms with Gasteiger partial charge in [-0.1, -0.05) is 18.2 Å². The Bertz CT molecular complexity index is 878. The van der Waals surface area contributed by atoms with Crippen molar-refractivity contribution in [2.24, 2.45) is 0 Å². The molecule has 0 bridgehead atoms. The van der Waals surface area contributed by atoms with Crippen LogP contribution in [0.5, 0.6) is 0 Å². The molecule has 2 amide bonds. The van der Waals surface area contributed by atoms with Crippen LogP contribution in [0, 0.1) is 5.82 Å². The first-order chi connectivity index (χ1) is 13.5. The van der Waals surface area contributed by atoms with Crippen LogP contribution in [0.4, 0.5) is 10.1 Å². The first-order valence-electron chi connectivity index (χ1n) is 9.12. The lowest BCUT2D eigenvalue weighted by Gasteiger charge is -2.36. The van der Waals surface area contributed by atoms with E-state index in [1.54, 1.807) is 41.3 Å². The maximum Gasteiger partial charge on any atom is 0.251 e. The van der Waals surface area contributed by atoms with Gasteiger partial charge in [-0.25, -0.2) is 4.39 Å². The van der Waals surface area contributed by atoms with E-state index in [-0.39, 0.29) is 24.1 Å². The number of rotatable bonds is 5. The summed E-state index contributed by atoms with van der Waals surface area (Å²) in [5.41, 5.74) is 1.27. The molecule has 0 unspecified atom stereocenters. The van der Waals surface area contributed by atoms with Crippen LogP contribution in [0.1, 0.15) is 27.6 Å². The van der Waals surface area contributed by atoms with Gasteiger partial charge >= 0.3 is 0 Å². The van der Waals surface area contributed by atoms with Crippen LogP contribution in [0.3, 0.4) is 0 Å². The topological polar surface area (TPSA) is 69.7 Å².